The molecular formula is C19H21NO. The first-order chi connectivity index (χ1) is 10.3. The van der Waals surface area contributed by atoms with E-state index in [2.05, 4.69) is 54.6 Å². The molecule has 3 rings (SSSR count). The van der Waals surface area contributed by atoms with Crippen LogP contribution in [0.4, 0.5) is 0 Å². The van der Waals surface area contributed by atoms with Gasteiger partial charge in [-0.15, -0.1) is 12.3 Å². The van der Waals surface area contributed by atoms with E-state index >= 15 is 0 Å². The standard InChI is InChI=1S/C19H21NO/c1-3-4-13-21-19-17(14(2)20-16-10-11-16)12-9-15-7-5-6-8-18(15)19/h1,5-9,12,14,16,20H,4,10-11,13H2,2H3. The molecule has 1 aliphatic carbocycles. The maximum Gasteiger partial charge on any atom is 0.131 e. The maximum absolute atomic E-state index is 6.03. The van der Waals surface area contributed by atoms with Crippen molar-refractivity contribution in [3.05, 3.63) is 42.0 Å². The minimum atomic E-state index is 0.294. The number of hydrogen-bond donors (Lipinski definition) is 1. The Labute approximate surface area is 126 Å². The van der Waals surface area contributed by atoms with Gasteiger partial charge in [-0.25, -0.2) is 0 Å². The van der Waals surface area contributed by atoms with Crippen LogP contribution in [-0.2, 0) is 0 Å². The van der Waals surface area contributed by atoms with Crippen LogP contribution in [0.1, 0.15) is 37.8 Å². The van der Waals surface area contributed by atoms with Gasteiger partial charge in [0.2, 0.25) is 0 Å². The van der Waals surface area contributed by atoms with Gasteiger partial charge in [-0.3, -0.25) is 0 Å². The highest BCUT2D eigenvalue weighted by atomic mass is 16.5. The van der Waals surface area contributed by atoms with Crippen LogP contribution in [0.2, 0.25) is 0 Å². The summed E-state index contributed by atoms with van der Waals surface area (Å²) in [7, 11) is 0. The zero-order valence-electron chi connectivity index (χ0n) is 12.4. The molecule has 0 aliphatic heterocycles. The van der Waals surface area contributed by atoms with E-state index in [4.69, 9.17) is 11.2 Å². The Morgan fingerprint density at radius 2 is 2.10 bits per heavy atom. The zero-order valence-corrected chi connectivity index (χ0v) is 12.4. The summed E-state index contributed by atoms with van der Waals surface area (Å²) >= 11 is 0. The molecular weight excluding hydrogens is 258 g/mol. The van der Waals surface area contributed by atoms with E-state index in [9.17, 15) is 0 Å². The summed E-state index contributed by atoms with van der Waals surface area (Å²) in [5.74, 6) is 3.61. The Balaban J connectivity index is 1.96. The van der Waals surface area contributed by atoms with Crippen LogP contribution in [0.25, 0.3) is 10.8 Å². The van der Waals surface area contributed by atoms with Crippen LogP contribution in [0, 0.1) is 12.3 Å². The number of benzene rings is 2. The highest BCUT2D eigenvalue weighted by molar-refractivity contribution is 5.89. The first-order valence-corrected chi connectivity index (χ1v) is 7.63. The van der Waals surface area contributed by atoms with Crippen molar-refractivity contribution >= 4 is 10.8 Å². The second kappa shape index (κ2) is 6.20. The number of fused-ring (bicyclic) bond motifs is 1. The monoisotopic (exact) mass is 279 g/mol. The van der Waals surface area contributed by atoms with Crippen molar-refractivity contribution in [2.75, 3.05) is 6.61 Å². The van der Waals surface area contributed by atoms with Gasteiger partial charge in [-0.05, 0) is 25.2 Å². The SMILES string of the molecule is C#CCCOc1c(C(C)NC2CC2)ccc2ccccc12. The Morgan fingerprint density at radius 1 is 1.29 bits per heavy atom. The van der Waals surface area contributed by atoms with Gasteiger partial charge in [-0.2, -0.15) is 0 Å². The number of terminal acetylenes is 1. The molecule has 0 amide bonds. The predicted octanol–water partition coefficient (Wildman–Crippen LogP) is 4.05. The van der Waals surface area contributed by atoms with E-state index < -0.39 is 0 Å². The molecule has 21 heavy (non-hydrogen) atoms. The van der Waals surface area contributed by atoms with E-state index in [0.29, 0.717) is 25.1 Å². The van der Waals surface area contributed by atoms with E-state index in [1.807, 2.05) is 0 Å². The van der Waals surface area contributed by atoms with Gasteiger partial charge >= 0.3 is 0 Å². The molecule has 0 saturated heterocycles. The summed E-state index contributed by atoms with van der Waals surface area (Å²) in [5, 5.41) is 6.01. The zero-order chi connectivity index (χ0) is 14.7. The first kappa shape index (κ1) is 14.0. The molecule has 0 bridgehead atoms. The third-order valence-corrected chi connectivity index (χ3v) is 3.93. The highest BCUT2D eigenvalue weighted by Crippen LogP contribution is 2.35. The van der Waals surface area contributed by atoms with Crippen molar-refractivity contribution in [1.82, 2.24) is 5.32 Å². The molecule has 0 radical (unpaired) electrons. The lowest BCUT2D eigenvalue weighted by molar-refractivity contribution is 0.324. The van der Waals surface area contributed by atoms with Gasteiger partial charge in [0.05, 0.1) is 6.61 Å². The van der Waals surface area contributed by atoms with Crippen LogP contribution in [0.5, 0.6) is 5.75 Å². The predicted molar refractivity (Wildman–Crippen MR) is 87.5 cm³/mol. The van der Waals surface area contributed by atoms with Gasteiger partial charge < -0.3 is 10.1 Å². The van der Waals surface area contributed by atoms with Crippen molar-refractivity contribution in [2.24, 2.45) is 0 Å². The Kier molecular flexibility index (Phi) is 4.13. The minimum absolute atomic E-state index is 0.294. The number of rotatable bonds is 6. The fourth-order valence-electron chi connectivity index (χ4n) is 2.67. The van der Waals surface area contributed by atoms with Crippen molar-refractivity contribution in [1.29, 1.82) is 0 Å². The lowest BCUT2D eigenvalue weighted by atomic mass is 10.0. The molecule has 1 aliphatic rings. The Morgan fingerprint density at radius 3 is 2.86 bits per heavy atom. The summed E-state index contributed by atoms with van der Waals surface area (Å²) in [6.45, 7) is 2.77. The third kappa shape index (κ3) is 3.20. The van der Waals surface area contributed by atoms with Gasteiger partial charge in [-0.1, -0.05) is 36.4 Å². The summed E-state index contributed by atoms with van der Waals surface area (Å²) in [6, 6.07) is 13.7. The molecule has 1 atom stereocenters. The second-order valence-corrected chi connectivity index (χ2v) is 5.67. The summed E-state index contributed by atoms with van der Waals surface area (Å²) in [5.41, 5.74) is 1.22. The van der Waals surface area contributed by atoms with Crippen LogP contribution < -0.4 is 10.1 Å². The molecule has 0 heterocycles. The first-order valence-electron chi connectivity index (χ1n) is 7.63. The molecule has 2 aromatic carbocycles. The van der Waals surface area contributed by atoms with Crippen LogP contribution >= 0.6 is 0 Å². The lowest BCUT2D eigenvalue weighted by Crippen LogP contribution is -2.21. The molecule has 108 valence electrons. The highest BCUT2D eigenvalue weighted by Gasteiger charge is 2.25. The van der Waals surface area contributed by atoms with Crippen molar-refractivity contribution < 1.29 is 4.74 Å². The average Bonchev–Trinajstić information content (AvgIpc) is 3.31. The van der Waals surface area contributed by atoms with Crippen molar-refractivity contribution in [2.45, 2.75) is 38.3 Å². The van der Waals surface area contributed by atoms with E-state index in [-0.39, 0.29) is 0 Å². The van der Waals surface area contributed by atoms with Gasteiger partial charge in [0.15, 0.2) is 0 Å². The molecule has 1 saturated carbocycles. The smallest absolute Gasteiger partial charge is 0.131 e. The quantitative estimate of drug-likeness (QED) is 0.636. The summed E-state index contributed by atoms with van der Waals surface area (Å²) in [6.07, 6.45) is 8.53. The maximum atomic E-state index is 6.03. The molecule has 2 nitrogen and oxygen atoms in total. The number of hydrogen-bond acceptors (Lipinski definition) is 2. The Hall–Kier alpha value is -1.98. The van der Waals surface area contributed by atoms with Gasteiger partial charge in [0.25, 0.3) is 0 Å². The van der Waals surface area contributed by atoms with Gasteiger partial charge in [0.1, 0.15) is 5.75 Å². The normalized spacial score (nSPS) is 15.6. The van der Waals surface area contributed by atoms with Crippen LogP contribution in [0.3, 0.4) is 0 Å². The average molecular weight is 279 g/mol. The molecule has 0 aromatic heterocycles. The largest absolute Gasteiger partial charge is 0.492 e. The lowest BCUT2D eigenvalue weighted by Gasteiger charge is -2.20. The second-order valence-electron chi connectivity index (χ2n) is 5.67. The minimum Gasteiger partial charge on any atom is -0.492 e. The fourth-order valence-corrected chi connectivity index (χ4v) is 2.67. The molecule has 0 spiro atoms. The molecule has 1 fully saturated rings. The molecule has 1 N–H and O–H groups in total. The summed E-state index contributed by atoms with van der Waals surface area (Å²) in [4.78, 5) is 0. The van der Waals surface area contributed by atoms with Crippen LogP contribution in [-0.4, -0.2) is 12.6 Å². The number of ether oxygens (including phenoxy) is 1. The summed E-state index contributed by atoms with van der Waals surface area (Å²) < 4.78 is 6.03. The van der Waals surface area contributed by atoms with Gasteiger partial charge in [0, 0.05) is 29.5 Å². The molecule has 2 heteroatoms. The van der Waals surface area contributed by atoms with Crippen molar-refractivity contribution in [3.8, 4) is 18.1 Å². The third-order valence-electron chi connectivity index (χ3n) is 3.93. The Bertz CT molecular complexity index is 667. The topological polar surface area (TPSA) is 21.3 Å². The molecule has 1 unspecified atom stereocenters. The van der Waals surface area contributed by atoms with E-state index in [1.54, 1.807) is 0 Å². The van der Waals surface area contributed by atoms with E-state index in [0.717, 1.165) is 11.1 Å². The van der Waals surface area contributed by atoms with Crippen molar-refractivity contribution in [3.63, 3.8) is 0 Å². The van der Waals surface area contributed by atoms with E-state index in [1.165, 1.54) is 23.8 Å². The van der Waals surface area contributed by atoms with Crippen LogP contribution in [0.15, 0.2) is 36.4 Å². The fraction of sp³-hybridized carbons (Fsp3) is 0.368. The molecule has 2 aromatic rings. The number of nitrogens with one attached hydrogen (secondary N) is 1.